The molecule has 0 saturated carbocycles. The molecule has 0 radical (unpaired) electrons. The van der Waals surface area contributed by atoms with E-state index in [4.69, 9.17) is 0 Å². The van der Waals surface area contributed by atoms with E-state index in [2.05, 4.69) is 21.4 Å². The summed E-state index contributed by atoms with van der Waals surface area (Å²) in [7, 11) is 0. The smallest absolute Gasteiger partial charge is 0.317 e. The highest BCUT2D eigenvalue weighted by atomic mass is 16.2. The molecule has 3 rings (SSSR count). The van der Waals surface area contributed by atoms with Crippen LogP contribution in [0.4, 0.5) is 4.79 Å². The number of nitrogens with zero attached hydrogens (tertiary/aromatic N) is 3. The molecule has 1 aliphatic rings. The Labute approximate surface area is 149 Å². The molecule has 3 heterocycles. The molecule has 0 bridgehead atoms. The topological polar surface area (TPSA) is 58.1 Å². The van der Waals surface area contributed by atoms with Gasteiger partial charge in [-0.25, -0.2) is 4.79 Å². The molecular formula is C20H26N4O. The lowest BCUT2D eigenvalue weighted by molar-refractivity contribution is 0.146. The fourth-order valence-corrected chi connectivity index (χ4v) is 3.39. The van der Waals surface area contributed by atoms with Gasteiger partial charge in [0, 0.05) is 30.2 Å². The highest BCUT2D eigenvalue weighted by molar-refractivity contribution is 5.74. The van der Waals surface area contributed by atoms with Crippen molar-refractivity contribution in [2.24, 2.45) is 0 Å². The third kappa shape index (κ3) is 5.02. The van der Waals surface area contributed by atoms with Gasteiger partial charge in [-0.1, -0.05) is 12.1 Å². The number of hydrogen-bond donors (Lipinski definition) is 1. The Bertz CT molecular complexity index is 689. The monoisotopic (exact) mass is 338 g/mol. The minimum absolute atomic E-state index is 0.0222. The first-order valence-corrected chi connectivity index (χ1v) is 9.09. The van der Waals surface area contributed by atoms with E-state index in [9.17, 15) is 4.79 Å². The number of carbonyl (C=O) groups is 1. The Balaban J connectivity index is 1.55. The number of nitrogens with one attached hydrogen (secondary N) is 1. The van der Waals surface area contributed by atoms with Crippen molar-refractivity contribution in [1.82, 2.24) is 20.2 Å². The van der Waals surface area contributed by atoms with Gasteiger partial charge in [0.2, 0.25) is 0 Å². The van der Waals surface area contributed by atoms with E-state index in [1.807, 2.05) is 48.4 Å². The molecule has 2 aromatic heterocycles. The molecule has 1 atom stereocenters. The molecule has 132 valence electrons. The zero-order valence-electron chi connectivity index (χ0n) is 14.8. The number of hydrogen-bond acceptors (Lipinski definition) is 3. The first-order chi connectivity index (χ1) is 12.2. The highest BCUT2D eigenvalue weighted by Crippen LogP contribution is 2.21. The number of likely N-dealkylation sites (tertiary alicyclic amines) is 1. The number of urea groups is 1. The Hall–Kier alpha value is -2.43. The first kappa shape index (κ1) is 17.4. The van der Waals surface area contributed by atoms with Crippen molar-refractivity contribution in [3.8, 4) is 0 Å². The van der Waals surface area contributed by atoms with Crippen LogP contribution in [-0.4, -0.2) is 33.5 Å². The summed E-state index contributed by atoms with van der Waals surface area (Å²) >= 11 is 0. The summed E-state index contributed by atoms with van der Waals surface area (Å²) in [6.45, 7) is 3.27. The maximum Gasteiger partial charge on any atom is 0.317 e. The lowest BCUT2D eigenvalue weighted by atomic mass is 9.97. The summed E-state index contributed by atoms with van der Waals surface area (Å²) in [6.07, 6.45) is 7.05. The van der Waals surface area contributed by atoms with Crippen LogP contribution in [0.2, 0.25) is 0 Å². The molecule has 25 heavy (non-hydrogen) atoms. The third-order valence-electron chi connectivity index (χ3n) is 4.71. The number of aryl methyl sites for hydroxylation is 2. The number of piperidine rings is 1. The maximum absolute atomic E-state index is 12.6. The fraction of sp³-hybridized carbons (Fsp3) is 0.450. The lowest BCUT2D eigenvalue weighted by Gasteiger charge is -2.35. The van der Waals surface area contributed by atoms with Crippen molar-refractivity contribution in [2.45, 2.75) is 51.6 Å². The van der Waals surface area contributed by atoms with Crippen molar-refractivity contribution in [3.63, 3.8) is 0 Å². The van der Waals surface area contributed by atoms with E-state index in [0.717, 1.165) is 49.3 Å². The van der Waals surface area contributed by atoms with E-state index in [0.29, 0.717) is 12.6 Å². The molecule has 1 fully saturated rings. The van der Waals surface area contributed by atoms with Gasteiger partial charge < -0.3 is 10.2 Å². The van der Waals surface area contributed by atoms with Gasteiger partial charge in [0.1, 0.15) is 0 Å². The van der Waals surface area contributed by atoms with Crippen LogP contribution in [0.5, 0.6) is 0 Å². The second-order valence-corrected chi connectivity index (χ2v) is 6.63. The minimum atomic E-state index is 0.0222. The Morgan fingerprint density at radius 3 is 2.88 bits per heavy atom. The number of aromatic nitrogens is 2. The SMILES string of the molecule is Cc1cccc(CNC(=O)N2CCCC[C@@H]2CCc2ccccn2)n1. The van der Waals surface area contributed by atoms with Crippen molar-refractivity contribution in [2.75, 3.05) is 6.54 Å². The molecule has 5 nitrogen and oxygen atoms in total. The highest BCUT2D eigenvalue weighted by Gasteiger charge is 2.26. The Morgan fingerprint density at radius 2 is 2.08 bits per heavy atom. The minimum Gasteiger partial charge on any atom is -0.332 e. The normalized spacial score (nSPS) is 17.3. The van der Waals surface area contributed by atoms with Crippen molar-refractivity contribution < 1.29 is 4.79 Å². The molecule has 0 aliphatic carbocycles. The predicted molar refractivity (Wildman–Crippen MR) is 98.1 cm³/mol. The second kappa shape index (κ2) is 8.60. The van der Waals surface area contributed by atoms with Gasteiger partial charge in [0.25, 0.3) is 0 Å². The molecule has 5 heteroatoms. The van der Waals surface area contributed by atoms with Crippen LogP contribution >= 0.6 is 0 Å². The maximum atomic E-state index is 12.6. The summed E-state index contributed by atoms with van der Waals surface area (Å²) in [4.78, 5) is 23.5. The van der Waals surface area contributed by atoms with E-state index in [1.165, 1.54) is 6.42 Å². The van der Waals surface area contributed by atoms with E-state index >= 15 is 0 Å². The van der Waals surface area contributed by atoms with Gasteiger partial charge >= 0.3 is 6.03 Å². The van der Waals surface area contributed by atoms with Gasteiger partial charge in [-0.2, -0.15) is 0 Å². The quantitative estimate of drug-likeness (QED) is 0.908. The van der Waals surface area contributed by atoms with Gasteiger partial charge in [-0.05, 0) is 63.3 Å². The Morgan fingerprint density at radius 1 is 1.20 bits per heavy atom. The van der Waals surface area contributed by atoms with Crippen molar-refractivity contribution >= 4 is 6.03 Å². The fourth-order valence-electron chi connectivity index (χ4n) is 3.39. The van der Waals surface area contributed by atoms with Crippen LogP contribution in [0, 0.1) is 6.92 Å². The molecule has 0 aromatic carbocycles. The van der Waals surface area contributed by atoms with Crippen LogP contribution in [0.3, 0.4) is 0 Å². The summed E-state index contributed by atoms with van der Waals surface area (Å²) in [5, 5.41) is 3.03. The zero-order valence-corrected chi connectivity index (χ0v) is 14.8. The van der Waals surface area contributed by atoms with Crippen LogP contribution in [-0.2, 0) is 13.0 Å². The zero-order chi connectivity index (χ0) is 17.5. The molecule has 2 amide bonds. The third-order valence-corrected chi connectivity index (χ3v) is 4.71. The van der Waals surface area contributed by atoms with Gasteiger partial charge in [-0.3, -0.25) is 9.97 Å². The predicted octanol–water partition coefficient (Wildman–Crippen LogP) is 3.48. The van der Waals surface area contributed by atoms with Crippen LogP contribution in [0.15, 0.2) is 42.6 Å². The molecule has 2 aromatic rings. The molecule has 1 aliphatic heterocycles. The van der Waals surface area contributed by atoms with Gasteiger partial charge in [0.15, 0.2) is 0 Å². The van der Waals surface area contributed by atoms with E-state index < -0.39 is 0 Å². The summed E-state index contributed by atoms with van der Waals surface area (Å²) in [5.41, 5.74) is 2.96. The summed E-state index contributed by atoms with van der Waals surface area (Å²) in [6, 6.07) is 12.2. The molecule has 0 spiro atoms. The standard InChI is InChI=1S/C20H26N4O/c1-16-7-6-9-18(23-16)15-22-20(25)24-14-5-3-10-19(24)12-11-17-8-2-4-13-21-17/h2,4,6-9,13,19H,3,5,10-12,14-15H2,1H3,(H,22,25)/t19-/m1/s1. The number of rotatable bonds is 5. The summed E-state index contributed by atoms with van der Waals surface area (Å²) in [5.74, 6) is 0. The molecule has 1 N–H and O–H groups in total. The number of amides is 2. The van der Waals surface area contributed by atoms with E-state index in [1.54, 1.807) is 0 Å². The number of pyridine rings is 2. The largest absolute Gasteiger partial charge is 0.332 e. The van der Waals surface area contributed by atoms with E-state index in [-0.39, 0.29) is 6.03 Å². The number of carbonyl (C=O) groups excluding carboxylic acids is 1. The molecule has 0 unspecified atom stereocenters. The lowest BCUT2D eigenvalue weighted by Crippen LogP contribution is -2.48. The van der Waals surface area contributed by atoms with Crippen LogP contribution in [0.1, 0.15) is 42.8 Å². The average molecular weight is 338 g/mol. The van der Waals surface area contributed by atoms with Crippen molar-refractivity contribution in [1.29, 1.82) is 0 Å². The summed E-state index contributed by atoms with van der Waals surface area (Å²) < 4.78 is 0. The Kier molecular flexibility index (Phi) is 5.99. The first-order valence-electron chi connectivity index (χ1n) is 9.09. The average Bonchev–Trinajstić information content (AvgIpc) is 2.65. The van der Waals surface area contributed by atoms with Crippen molar-refractivity contribution in [3.05, 3.63) is 59.7 Å². The van der Waals surface area contributed by atoms with Gasteiger partial charge in [-0.15, -0.1) is 0 Å². The van der Waals surface area contributed by atoms with Gasteiger partial charge in [0.05, 0.1) is 12.2 Å². The molecular weight excluding hydrogens is 312 g/mol. The van der Waals surface area contributed by atoms with Crippen LogP contribution in [0.25, 0.3) is 0 Å². The molecule has 1 saturated heterocycles. The second-order valence-electron chi connectivity index (χ2n) is 6.63. The van der Waals surface area contributed by atoms with Crippen LogP contribution < -0.4 is 5.32 Å².